The van der Waals surface area contributed by atoms with Gasteiger partial charge in [-0.15, -0.1) is 0 Å². The molecule has 0 heterocycles. The average Bonchev–Trinajstić information content (AvgIpc) is 2.53. The highest BCUT2D eigenvalue weighted by Crippen LogP contribution is 2.17. The van der Waals surface area contributed by atoms with Crippen molar-refractivity contribution < 1.29 is 0 Å². The molecule has 1 unspecified atom stereocenters. The van der Waals surface area contributed by atoms with E-state index < -0.39 is 0 Å². The minimum Gasteiger partial charge on any atom is -0.327 e. The minimum atomic E-state index is 0.371. The minimum absolute atomic E-state index is 0.371. The van der Waals surface area contributed by atoms with Crippen molar-refractivity contribution in [3.8, 4) is 0 Å². The summed E-state index contributed by atoms with van der Waals surface area (Å²) >= 11 is 0. The van der Waals surface area contributed by atoms with Gasteiger partial charge in [0.1, 0.15) is 0 Å². The van der Waals surface area contributed by atoms with Crippen LogP contribution in [0.1, 0.15) is 45.4 Å². The van der Waals surface area contributed by atoms with Crippen LogP contribution in [0.2, 0.25) is 0 Å². The van der Waals surface area contributed by atoms with Crippen LogP contribution in [0.3, 0.4) is 0 Å². The van der Waals surface area contributed by atoms with Gasteiger partial charge in [-0.05, 0) is 19.3 Å². The van der Waals surface area contributed by atoms with Gasteiger partial charge in [-0.25, -0.2) is 0 Å². The lowest BCUT2D eigenvalue weighted by Crippen LogP contribution is -2.38. The van der Waals surface area contributed by atoms with Gasteiger partial charge in [0.2, 0.25) is 0 Å². The van der Waals surface area contributed by atoms with Gasteiger partial charge in [-0.2, -0.15) is 0 Å². The van der Waals surface area contributed by atoms with Crippen LogP contribution in [0, 0.1) is 0 Å². The van der Waals surface area contributed by atoms with E-state index in [2.05, 4.69) is 12.2 Å². The monoisotopic (exact) mass is 170 g/mol. The highest BCUT2D eigenvalue weighted by molar-refractivity contribution is 4.75. The van der Waals surface area contributed by atoms with Crippen LogP contribution < -0.4 is 11.1 Å². The standard InChI is InChI=1S/C10H22N2/c1-2-5-9(11)8-12-10-6-3-4-7-10/h9-10,12H,2-8,11H2,1H3. The molecule has 0 saturated heterocycles. The molecule has 0 amide bonds. The quantitative estimate of drug-likeness (QED) is 0.658. The topological polar surface area (TPSA) is 38.0 Å². The van der Waals surface area contributed by atoms with Gasteiger partial charge in [0, 0.05) is 18.6 Å². The molecule has 1 aliphatic carbocycles. The molecule has 1 fully saturated rings. The summed E-state index contributed by atoms with van der Waals surface area (Å²) in [6.45, 7) is 3.20. The normalized spacial score (nSPS) is 21.5. The second-order valence-corrected chi connectivity index (χ2v) is 3.94. The Labute approximate surface area is 75.9 Å². The molecule has 2 nitrogen and oxygen atoms in total. The molecular formula is C10H22N2. The molecule has 0 aromatic carbocycles. The lowest BCUT2D eigenvalue weighted by molar-refractivity contribution is 0.469. The Hall–Kier alpha value is -0.0800. The molecule has 72 valence electrons. The molecular weight excluding hydrogens is 148 g/mol. The van der Waals surface area contributed by atoms with Gasteiger partial charge < -0.3 is 11.1 Å². The summed E-state index contributed by atoms with van der Waals surface area (Å²) in [7, 11) is 0. The maximum atomic E-state index is 5.90. The Bertz CT molecular complexity index is 108. The van der Waals surface area contributed by atoms with Crippen molar-refractivity contribution in [2.45, 2.75) is 57.5 Å². The molecule has 1 atom stereocenters. The molecule has 12 heavy (non-hydrogen) atoms. The first-order valence-corrected chi connectivity index (χ1v) is 5.32. The smallest absolute Gasteiger partial charge is 0.0165 e. The van der Waals surface area contributed by atoms with Crippen LogP contribution in [-0.4, -0.2) is 18.6 Å². The van der Waals surface area contributed by atoms with Crippen LogP contribution in [0.15, 0.2) is 0 Å². The Balaban J connectivity index is 1.99. The fraction of sp³-hybridized carbons (Fsp3) is 1.00. The summed E-state index contributed by atoms with van der Waals surface area (Å²) in [5.41, 5.74) is 5.90. The number of hydrogen-bond acceptors (Lipinski definition) is 2. The molecule has 0 radical (unpaired) electrons. The first kappa shape index (κ1) is 10.0. The summed E-state index contributed by atoms with van der Waals surface area (Å²) in [6.07, 6.45) is 7.88. The summed E-state index contributed by atoms with van der Waals surface area (Å²) in [4.78, 5) is 0. The fourth-order valence-corrected chi connectivity index (χ4v) is 1.92. The lowest BCUT2D eigenvalue weighted by atomic mass is 10.1. The first-order valence-electron chi connectivity index (χ1n) is 5.32. The van der Waals surface area contributed by atoms with E-state index in [4.69, 9.17) is 5.73 Å². The zero-order chi connectivity index (χ0) is 8.81. The van der Waals surface area contributed by atoms with E-state index in [0.29, 0.717) is 6.04 Å². The molecule has 0 bridgehead atoms. The highest BCUT2D eigenvalue weighted by Gasteiger charge is 2.14. The van der Waals surface area contributed by atoms with Gasteiger partial charge in [0.25, 0.3) is 0 Å². The van der Waals surface area contributed by atoms with E-state index in [1.54, 1.807) is 0 Å². The molecule has 0 aliphatic heterocycles. The summed E-state index contributed by atoms with van der Waals surface area (Å²) in [6, 6.07) is 1.14. The average molecular weight is 170 g/mol. The third-order valence-corrected chi connectivity index (χ3v) is 2.68. The van der Waals surface area contributed by atoms with E-state index in [0.717, 1.165) is 19.0 Å². The number of nitrogens with two attached hydrogens (primary N) is 1. The van der Waals surface area contributed by atoms with Gasteiger partial charge in [-0.3, -0.25) is 0 Å². The second kappa shape index (κ2) is 5.55. The molecule has 2 heteroatoms. The predicted octanol–water partition coefficient (Wildman–Crippen LogP) is 1.65. The third kappa shape index (κ3) is 3.55. The number of nitrogens with one attached hydrogen (secondary N) is 1. The Morgan fingerprint density at radius 2 is 2.08 bits per heavy atom. The van der Waals surface area contributed by atoms with E-state index in [-0.39, 0.29) is 0 Å². The van der Waals surface area contributed by atoms with Crippen molar-refractivity contribution >= 4 is 0 Å². The molecule has 1 saturated carbocycles. The van der Waals surface area contributed by atoms with Crippen LogP contribution in [-0.2, 0) is 0 Å². The molecule has 1 rings (SSSR count). The van der Waals surface area contributed by atoms with Crippen molar-refractivity contribution in [3.63, 3.8) is 0 Å². The van der Waals surface area contributed by atoms with E-state index in [1.165, 1.54) is 32.1 Å². The Morgan fingerprint density at radius 3 is 2.67 bits per heavy atom. The number of rotatable bonds is 5. The predicted molar refractivity (Wildman–Crippen MR) is 53.1 cm³/mol. The van der Waals surface area contributed by atoms with Crippen LogP contribution in [0.5, 0.6) is 0 Å². The maximum Gasteiger partial charge on any atom is 0.0165 e. The second-order valence-electron chi connectivity index (χ2n) is 3.94. The largest absolute Gasteiger partial charge is 0.327 e. The molecule has 1 aliphatic rings. The van der Waals surface area contributed by atoms with Crippen molar-refractivity contribution in [1.29, 1.82) is 0 Å². The van der Waals surface area contributed by atoms with Gasteiger partial charge in [0.05, 0.1) is 0 Å². The van der Waals surface area contributed by atoms with E-state index in [1.807, 2.05) is 0 Å². The van der Waals surface area contributed by atoms with Crippen molar-refractivity contribution in [2.75, 3.05) is 6.54 Å². The molecule has 3 N–H and O–H groups in total. The SMILES string of the molecule is CCCC(N)CNC1CCCC1. The summed E-state index contributed by atoms with van der Waals surface area (Å²) in [5.74, 6) is 0. The highest BCUT2D eigenvalue weighted by atomic mass is 14.9. The van der Waals surface area contributed by atoms with Crippen molar-refractivity contribution in [3.05, 3.63) is 0 Å². The lowest BCUT2D eigenvalue weighted by Gasteiger charge is -2.15. The fourth-order valence-electron chi connectivity index (χ4n) is 1.92. The van der Waals surface area contributed by atoms with Gasteiger partial charge in [-0.1, -0.05) is 26.2 Å². The Kier molecular flexibility index (Phi) is 4.62. The van der Waals surface area contributed by atoms with Crippen molar-refractivity contribution in [2.24, 2.45) is 5.73 Å². The van der Waals surface area contributed by atoms with Crippen LogP contribution in [0.25, 0.3) is 0 Å². The molecule has 0 aromatic rings. The maximum absolute atomic E-state index is 5.90. The van der Waals surface area contributed by atoms with Crippen LogP contribution in [0.4, 0.5) is 0 Å². The molecule has 0 spiro atoms. The van der Waals surface area contributed by atoms with Crippen molar-refractivity contribution in [1.82, 2.24) is 5.32 Å². The first-order chi connectivity index (χ1) is 5.83. The van der Waals surface area contributed by atoms with Gasteiger partial charge >= 0.3 is 0 Å². The summed E-state index contributed by atoms with van der Waals surface area (Å²) in [5, 5.41) is 3.54. The summed E-state index contributed by atoms with van der Waals surface area (Å²) < 4.78 is 0. The van der Waals surface area contributed by atoms with Crippen LogP contribution >= 0.6 is 0 Å². The zero-order valence-corrected chi connectivity index (χ0v) is 8.18. The third-order valence-electron chi connectivity index (χ3n) is 2.68. The molecule has 0 aromatic heterocycles. The van der Waals surface area contributed by atoms with Gasteiger partial charge in [0.15, 0.2) is 0 Å². The number of hydrogen-bond donors (Lipinski definition) is 2. The Morgan fingerprint density at radius 1 is 1.42 bits per heavy atom. The van der Waals surface area contributed by atoms with E-state index >= 15 is 0 Å². The van der Waals surface area contributed by atoms with E-state index in [9.17, 15) is 0 Å². The zero-order valence-electron chi connectivity index (χ0n) is 8.18.